The van der Waals surface area contributed by atoms with Crippen molar-refractivity contribution in [1.29, 1.82) is 0 Å². The summed E-state index contributed by atoms with van der Waals surface area (Å²) in [6.45, 7) is 1.12. The van der Waals surface area contributed by atoms with E-state index in [2.05, 4.69) is 9.97 Å². The van der Waals surface area contributed by atoms with E-state index < -0.39 is 6.10 Å². The summed E-state index contributed by atoms with van der Waals surface area (Å²) in [6.07, 6.45) is 8.46. The smallest absolute Gasteiger partial charge is 0.225 e. The molecule has 19 heavy (non-hydrogen) atoms. The number of likely N-dealkylation sites (tertiary alicyclic amines) is 1. The first-order chi connectivity index (χ1) is 9.24. The molecule has 3 rings (SSSR count). The summed E-state index contributed by atoms with van der Waals surface area (Å²) < 4.78 is 0. The molecule has 2 heterocycles. The van der Waals surface area contributed by atoms with E-state index in [0.717, 1.165) is 25.0 Å². The fourth-order valence-corrected chi connectivity index (χ4v) is 2.85. The molecule has 1 saturated heterocycles. The van der Waals surface area contributed by atoms with Crippen LogP contribution in [-0.2, 0) is 11.2 Å². The van der Waals surface area contributed by atoms with Gasteiger partial charge in [-0.05, 0) is 19.3 Å². The maximum absolute atomic E-state index is 12.2. The highest BCUT2D eigenvalue weighted by molar-refractivity contribution is 5.80. The van der Waals surface area contributed by atoms with Gasteiger partial charge in [-0.25, -0.2) is 0 Å². The molecule has 0 unspecified atom stereocenters. The zero-order valence-corrected chi connectivity index (χ0v) is 10.9. The predicted octanol–water partition coefficient (Wildman–Crippen LogP) is 0.639. The Labute approximate surface area is 112 Å². The van der Waals surface area contributed by atoms with Gasteiger partial charge in [0.2, 0.25) is 5.91 Å². The van der Waals surface area contributed by atoms with Crippen molar-refractivity contribution in [3.8, 4) is 0 Å². The molecule has 1 aliphatic carbocycles. The van der Waals surface area contributed by atoms with E-state index in [9.17, 15) is 9.90 Å². The molecule has 0 bridgehead atoms. The Balaban J connectivity index is 1.60. The molecular weight excluding hydrogens is 242 g/mol. The Morgan fingerprint density at radius 1 is 1.37 bits per heavy atom. The van der Waals surface area contributed by atoms with Gasteiger partial charge in [-0.3, -0.25) is 14.8 Å². The summed E-state index contributed by atoms with van der Waals surface area (Å²) in [5.74, 6) is 0.523. The topological polar surface area (TPSA) is 66.3 Å². The lowest BCUT2D eigenvalue weighted by molar-refractivity contribution is -0.137. The number of rotatable bonds is 3. The van der Waals surface area contributed by atoms with E-state index in [-0.39, 0.29) is 17.7 Å². The predicted molar refractivity (Wildman–Crippen MR) is 69.2 cm³/mol. The number of amides is 1. The molecule has 0 spiro atoms. The Bertz CT molecular complexity index is 447. The molecule has 1 amide bonds. The molecule has 1 aromatic rings. The second kappa shape index (κ2) is 5.25. The molecule has 2 fully saturated rings. The third-order valence-corrected chi connectivity index (χ3v) is 4.26. The molecule has 5 heteroatoms. The van der Waals surface area contributed by atoms with Crippen LogP contribution in [0.25, 0.3) is 0 Å². The molecular formula is C14H19N3O2. The molecule has 1 N–H and O–H groups in total. The highest BCUT2D eigenvalue weighted by Crippen LogP contribution is 2.31. The minimum Gasteiger partial charge on any atom is -0.391 e. The number of carbonyl (C=O) groups is 1. The summed E-state index contributed by atoms with van der Waals surface area (Å²) in [5, 5.41) is 10.1. The van der Waals surface area contributed by atoms with Crippen LogP contribution >= 0.6 is 0 Å². The zero-order valence-electron chi connectivity index (χ0n) is 10.9. The SMILES string of the molecule is O=C(C1CCC1)N1C[C@@H](Cc2cnccn2)[C@H](O)C1. The Hall–Kier alpha value is -1.49. The average Bonchev–Trinajstić information content (AvgIpc) is 2.70. The number of β-amino-alcohol motifs (C(OH)–C–C–N with tert-alkyl or cyclic N) is 1. The minimum atomic E-state index is -0.439. The van der Waals surface area contributed by atoms with Crippen LogP contribution in [0.15, 0.2) is 18.6 Å². The van der Waals surface area contributed by atoms with Crippen molar-refractivity contribution in [1.82, 2.24) is 14.9 Å². The van der Waals surface area contributed by atoms with Crippen LogP contribution in [0, 0.1) is 11.8 Å². The fraction of sp³-hybridized carbons (Fsp3) is 0.643. The van der Waals surface area contributed by atoms with E-state index >= 15 is 0 Å². The van der Waals surface area contributed by atoms with E-state index in [1.165, 1.54) is 0 Å². The number of aromatic nitrogens is 2. The van der Waals surface area contributed by atoms with Crippen molar-refractivity contribution in [2.24, 2.45) is 11.8 Å². The summed E-state index contributed by atoms with van der Waals surface area (Å²) in [5.41, 5.74) is 0.879. The van der Waals surface area contributed by atoms with Gasteiger partial charge in [0.1, 0.15) is 0 Å². The van der Waals surface area contributed by atoms with E-state index in [0.29, 0.717) is 19.5 Å². The molecule has 0 radical (unpaired) electrons. The van der Waals surface area contributed by atoms with Crippen molar-refractivity contribution in [3.63, 3.8) is 0 Å². The van der Waals surface area contributed by atoms with Crippen molar-refractivity contribution >= 4 is 5.91 Å². The summed E-state index contributed by atoms with van der Waals surface area (Å²) >= 11 is 0. The number of aliphatic hydroxyl groups is 1. The largest absolute Gasteiger partial charge is 0.391 e. The summed E-state index contributed by atoms with van der Waals surface area (Å²) in [7, 11) is 0. The van der Waals surface area contributed by atoms with E-state index in [4.69, 9.17) is 0 Å². The molecule has 1 aliphatic heterocycles. The Morgan fingerprint density at radius 3 is 2.84 bits per heavy atom. The summed E-state index contributed by atoms with van der Waals surface area (Å²) in [6, 6.07) is 0. The second-order valence-electron chi connectivity index (χ2n) is 5.60. The fourth-order valence-electron chi connectivity index (χ4n) is 2.85. The number of hydrogen-bond donors (Lipinski definition) is 1. The van der Waals surface area contributed by atoms with E-state index in [1.807, 2.05) is 4.90 Å². The minimum absolute atomic E-state index is 0.0840. The van der Waals surface area contributed by atoms with Gasteiger partial charge in [-0.2, -0.15) is 0 Å². The number of nitrogens with zero attached hydrogens (tertiary/aromatic N) is 3. The number of carbonyl (C=O) groups excluding carboxylic acids is 1. The summed E-state index contributed by atoms with van der Waals surface area (Å²) in [4.78, 5) is 22.3. The Morgan fingerprint density at radius 2 is 2.21 bits per heavy atom. The van der Waals surface area contributed by atoms with Gasteiger partial charge in [-0.1, -0.05) is 6.42 Å². The molecule has 1 aromatic heterocycles. The van der Waals surface area contributed by atoms with Crippen LogP contribution in [0.4, 0.5) is 0 Å². The van der Waals surface area contributed by atoms with Gasteiger partial charge in [0.15, 0.2) is 0 Å². The number of hydrogen-bond acceptors (Lipinski definition) is 4. The van der Waals surface area contributed by atoms with Crippen LogP contribution in [0.1, 0.15) is 25.0 Å². The first-order valence-corrected chi connectivity index (χ1v) is 6.96. The van der Waals surface area contributed by atoms with Gasteiger partial charge < -0.3 is 10.0 Å². The second-order valence-corrected chi connectivity index (χ2v) is 5.60. The molecule has 0 aromatic carbocycles. The zero-order chi connectivity index (χ0) is 13.2. The van der Waals surface area contributed by atoms with Crippen LogP contribution in [0.3, 0.4) is 0 Å². The lowest BCUT2D eigenvalue weighted by Gasteiger charge is -2.29. The highest BCUT2D eigenvalue weighted by Gasteiger charge is 2.38. The van der Waals surface area contributed by atoms with Gasteiger partial charge in [0.05, 0.1) is 11.8 Å². The molecule has 102 valence electrons. The van der Waals surface area contributed by atoms with Gasteiger partial charge in [-0.15, -0.1) is 0 Å². The van der Waals surface area contributed by atoms with Crippen LogP contribution in [0.5, 0.6) is 0 Å². The van der Waals surface area contributed by atoms with Crippen molar-refractivity contribution in [2.45, 2.75) is 31.8 Å². The monoisotopic (exact) mass is 261 g/mol. The third-order valence-electron chi connectivity index (χ3n) is 4.26. The lowest BCUT2D eigenvalue weighted by atomic mass is 9.84. The normalized spacial score (nSPS) is 27.3. The highest BCUT2D eigenvalue weighted by atomic mass is 16.3. The molecule has 2 atom stereocenters. The van der Waals surface area contributed by atoms with Crippen molar-refractivity contribution in [3.05, 3.63) is 24.3 Å². The lowest BCUT2D eigenvalue weighted by Crippen LogP contribution is -2.37. The maximum atomic E-state index is 12.2. The molecule has 5 nitrogen and oxygen atoms in total. The van der Waals surface area contributed by atoms with Crippen LogP contribution < -0.4 is 0 Å². The van der Waals surface area contributed by atoms with Gasteiger partial charge >= 0.3 is 0 Å². The maximum Gasteiger partial charge on any atom is 0.225 e. The van der Waals surface area contributed by atoms with Crippen LogP contribution in [0.2, 0.25) is 0 Å². The quantitative estimate of drug-likeness (QED) is 0.867. The first kappa shape index (κ1) is 12.5. The average molecular weight is 261 g/mol. The van der Waals surface area contributed by atoms with Crippen molar-refractivity contribution in [2.75, 3.05) is 13.1 Å². The standard InChI is InChI=1S/C14H19N3O2/c18-13-9-17(14(19)10-2-1-3-10)8-11(13)6-12-7-15-4-5-16-12/h4-5,7,10-11,13,18H,1-3,6,8-9H2/t11-,13-/m1/s1. The van der Waals surface area contributed by atoms with Crippen LogP contribution in [-0.4, -0.2) is 45.1 Å². The number of aliphatic hydroxyl groups excluding tert-OH is 1. The Kier molecular flexibility index (Phi) is 3.46. The van der Waals surface area contributed by atoms with Crippen molar-refractivity contribution < 1.29 is 9.90 Å². The van der Waals surface area contributed by atoms with Gasteiger partial charge in [0, 0.05) is 43.5 Å². The van der Waals surface area contributed by atoms with Gasteiger partial charge in [0.25, 0.3) is 0 Å². The molecule has 1 saturated carbocycles. The van der Waals surface area contributed by atoms with E-state index in [1.54, 1.807) is 18.6 Å². The first-order valence-electron chi connectivity index (χ1n) is 6.96. The molecule has 2 aliphatic rings. The third kappa shape index (κ3) is 2.61.